The summed E-state index contributed by atoms with van der Waals surface area (Å²) < 4.78 is 12.8. The molecular formula is C14H12FNO2. The standard InChI is InChI=1S/C14H12FNO2/c1-10-2-6-12(7-3-10)16(14(17)18)13-8-4-11(15)5-9-13/h2-9H,1H3,(H,17,18). The lowest BCUT2D eigenvalue weighted by Gasteiger charge is -2.19. The van der Waals surface area contributed by atoms with Crippen LogP contribution in [-0.4, -0.2) is 11.2 Å². The fraction of sp³-hybridized carbons (Fsp3) is 0.0714. The number of halogens is 1. The average Bonchev–Trinajstić information content (AvgIpc) is 2.34. The molecule has 0 saturated carbocycles. The molecule has 0 heterocycles. The van der Waals surface area contributed by atoms with Gasteiger partial charge in [-0.15, -0.1) is 0 Å². The minimum atomic E-state index is -1.11. The molecule has 0 spiro atoms. The first-order valence-corrected chi connectivity index (χ1v) is 5.43. The Morgan fingerprint density at radius 3 is 1.89 bits per heavy atom. The molecule has 0 saturated heterocycles. The monoisotopic (exact) mass is 245 g/mol. The highest BCUT2D eigenvalue weighted by Crippen LogP contribution is 2.25. The molecule has 92 valence electrons. The Morgan fingerprint density at radius 2 is 1.44 bits per heavy atom. The zero-order valence-electron chi connectivity index (χ0n) is 9.80. The van der Waals surface area contributed by atoms with E-state index in [1.807, 2.05) is 19.1 Å². The number of rotatable bonds is 2. The molecule has 0 atom stereocenters. The van der Waals surface area contributed by atoms with Crippen LogP contribution in [-0.2, 0) is 0 Å². The van der Waals surface area contributed by atoms with E-state index in [1.54, 1.807) is 12.1 Å². The highest BCUT2D eigenvalue weighted by molar-refractivity contribution is 5.94. The maximum absolute atomic E-state index is 12.8. The van der Waals surface area contributed by atoms with E-state index in [2.05, 4.69) is 0 Å². The molecule has 0 aliphatic rings. The van der Waals surface area contributed by atoms with Crippen LogP contribution in [0.4, 0.5) is 20.6 Å². The first kappa shape index (κ1) is 12.1. The summed E-state index contributed by atoms with van der Waals surface area (Å²) in [5.74, 6) is -0.395. The molecule has 0 aliphatic carbocycles. The second kappa shape index (κ2) is 4.87. The van der Waals surface area contributed by atoms with E-state index in [9.17, 15) is 14.3 Å². The van der Waals surface area contributed by atoms with Gasteiger partial charge in [-0.1, -0.05) is 17.7 Å². The van der Waals surface area contributed by atoms with Gasteiger partial charge in [-0.25, -0.2) is 14.1 Å². The number of aryl methyl sites for hydroxylation is 1. The van der Waals surface area contributed by atoms with Crippen molar-refractivity contribution < 1.29 is 14.3 Å². The molecule has 0 aliphatic heterocycles. The van der Waals surface area contributed by atoms with Crippen LogP contribution in [0.3, 0.4) is 0 Å². The van der Waals surface area contributed by atoms with Crippen LogP contribution in [0, 0.1) is 12.7 Å². The van der Waals surface area contributed by atoms with E-state index in [0.717, 1.165) is 10.5 Å². The van der Waals surface area contributed by atoms with Crippen molar-refractivity contribution in [2.75, 3.05) is 4.90 Å². The SMILES string of the molecule is Cc1ccc(N(C(=O)O)c2ccc(F)cc2)cc1. The van der Waals surface area contributed by atoms with E-state index in [0.29, 0.717) is 11.4 Å². The topological polar surface area (TPSA) is 40.5 Å². The Morgan fingerprint density at radius 1 is 1.00 bits per heavy atom. The molecule has 2 rings (SSSR count). The number of hydrogen-bond acceptors (Lipinski definition) is 1. The quantitative estimate of drug-likeness (QED) is 0.870. The Balaban J connectivity index is 2.43. The summed E-state index contributed by atoms with van der Waals surface area (Å²) in [7, 11) is 0. The van der Waals surface area contributed by atoms with Crippen molar-refractivity contribution in [3.63, 3.8) is 0 Å². The fourth-order valence-electron chi connectivity index (χ4n) is 1.65. The van der Waals surface area contributed by atoms with Crippen LogP contribution in [0.2, 0.25) is 0 Å². The molecule has 1 N–H and O–H groups in total. The van der Waals surface area contributed by atoms with Gasteiger partial charge in [0.05, 0.1) is 11.4 Å². The minimum absolute atomic E-state index is 0.395. The highest BCUT2D eigenvalue weighted by Gasteiger charge is 2.16. The number of hydrogen-bond donors (Lipinski definition) is 1. The molecule has 0 aromatic heterocycles. The van der Waals surface area contributed by atoms with Crippen molar-refractivity contribution >= 4 is 17.5 Å². The summed E-state index contributed by atoms with van der Waals surface area (Å²) in [6, 6.07) is 12.4. The lowest BCUT2D eigenvalue weighted by atomic mass is 10.2. The van der Waals surface area contributed by atoms with E-state index >= 15 is 0 Å². The maximum Gasteiger partial charge on any atom is 0.416 e. The number of amides is 1. The van der Waals surface area contributed by atoms with Gasteiger partial charge in [0.2, 0.25) is 0 Å². The van der Waals surface area contributed by atoms with Gasteiger partial charge < -0.3 is 5.11 Å². The van der Waals surface area contributed by atoms with Crippen LogP contribution in [0.5, 0.6) is 0 Å². The molecule has 3 nitrogen and oxygen atoms in total. The van der Waals surface area contributed by atoms with Gasteiger partial charge in [-0.3, -0.25) is 0 Å². The smallest absolute Gasteiger partial charge is 0.416 e. The minimum Gasteiger partial charge on any atom is -0.464 e. The third-order valence-electron chi connectivity index (χ3n) is 2.57. The van der Waals surface area contributed by atoms with Gasteiger partial charge in [0.15, 0.2) is 0 Å². The summed E-state index contributed by atoms with van der Waals surface area (Å²) in [6.07, 6.45) is -1.11. The Hall–Kier alpha value is -2.36. The van der Waals surface area contributed by atoms with Crippen molar-refractivity contribution in [2.45, 2.75) is 6.92 Å². The molecule has 0 bridgehead atoms. The number of carbonyl (C=O) groups is 1. The van der Waals surface area contributed by atoms with Gasteiger partial charge >= 0.3 is 6.09 Å². The Kier molecular flexibility index (Phi) is 3.28. The van der Waals surface area contributed by atoms with Gasteiger partial charge in [-0.2, -0.15) is 0 Å². The second-order valence-electron chi connectivity index (χ2n) is 3.93. The summed E-state index contributed by atoms with van der Waals surface area (Å²) in [4.78, 5) is 12.4. The molecule has 4 heteroatoms. The van der Waals surface area contributed by atoms with Gasteiger partial charge in [-0.05, 0) is 43.3 Å². The largest absolute Gasteiger partial charge is 0.464 e. The molecule has 0 unspecified atom stereocenters. The summed E-state index contributed by atoms with van der Waals surface area (Å²) in [6.45, 7) is 1.92. The average molecular weight is 245 g/mol. The van der Waals surface area contributed by atoms with Gasteiger partial charge in [0, 0.05) is 0 Å². The summed E-state index contributed by atoms with van der Waals surface area (Å²) in [5.41, 5.74) is 1.98. The van der Waals surface area contributed by atoms with Crippen LogP contribution < -0.4 is 4.90 Å². The van der Waals surface area contributed by atoms with E-state index < -0.39 is 11.9 Å². The molecule has 1 amide bonds. The third-order valence-corrected chi connectivity index (χ3v) is 2.57. The summed E-state index contributed by atoms with van der Waals surface area (Å²) >= 11 is 0. The zero-order valence-corrected chi connectivity index (χ0v) is 9.80. The number of benzene rings is 2. The van der Waals surface area contributed by atoms with Crippen molar-refractivity contribution in [1.82, 2.24) is 0 Å². The lowest BCUT2D eigenvalue weighted by molar-refractivity contribution is 0.205. The Bertz CT molecular complexity index is 504. The summed E-state index contributed by atoms with van der Waals surface area (Å²) in [5, 5.41) is 9.25. The fourth-order valence-corrected chi connectivity index (χ4v) is 1.65. The number of carboxylic acid groups (broad SMARTS) is 1. The Labute approximate surface area is 104 Å². The second-order valence-corrected chi connectivity index (χ2v) is 3.93. The van der Waals surface area contributed by atoms with Crippen LogP contribution in [0.15, 0.2) is 48.5 Å². The molecular weight excluding hydrogens is 233 g/mol. The first-order valence-electron chi connectivity index (χ1n) is 5.43. The van der Waals surface area contributed by atoms with Gasteiger partial charge in [0.1, 0.15) is 5.82 Å². The predicted molar refractivity (Wildman–Crippen MR) is 67.7 cm³/mol. The zero-order chi connectivity index (χ0) is 13.1. The van der Waals surface area contributed by atoms with Crippen molar-refractivity contribution in [2.24, 2.45) is 0 Å². The van der Waals surface area contributed by atoms with Crippen LogP contribution in [0.1, 0.15) is 5.56 Å². The molecule has 2 aromatic rings. The van der Waals surface area contributed by atoms with Crippen molar-refractivity contribution in [1.29, 1.82) is 0 Å². The van der Waals surface area contributed by atoms with Gasteiger partial charge in [0.25, 0.3) is 0 Å². The number of nitrogens with zero attached hydrogens (tertiary/aromatic N) is 1. The first-order chi connectivity index (χ1) is 8.58. The van der Waals surface area contributed by atoms with E-state index in [1.165, 1.54) is 24.3 Å². The number of anilines is 2. The lowest BCUT2D eigenvalue weighted by Crippen LogP contribution is -2.23. The molecule has 0 fully saturated rings. The third kappa shape index (κ3) is 2.48. The van der Waals surface area contributed by atoms with E-state index in [-0.39, 0.29) is 0 Å². The maximum atomic E-state index is 12.8. The van der Waals surface area contributed by atoms with Crippen LogP contribution >= 0.6 is 0 Å². The molecule has 0 radical (unpaired) electrons. The van der Waals surface area contributed by atoms with Crippen molar-refractivity contribution in [3.8, 4) is 0 Å². The highest BCUT2D eigenvalue weighted by atomic mass is 19.1. The van der Waals surface area contributed by atoms with Crippen LogP contribution in [0.25, 0.3) is 0 Å². The normalized spacial score (nSPS) is 10.1. The van der Waals surface area contributed by atoms with E-state index in [4.69, 9.17) is 0 Å². The van der Waals surface area contributed by atoms with Crippen molar-refractivity contribution in [3.05, 3.63) is 59.9 Å². The predicted octanol–water partition coefficient (Wildman–Crippen LogP) is 3.95. The molecule has 18 heavy (non-hydrogen) atoms. The molecule has 2 aromatic carbocycles.